The van der Waals surface area contributed by atoms with Gasteiger partial charge in [-0.15, -0.1) is 0 Å². The first-order valence-electron chi connectivity index (χ1n) is 6.76. The largest absolute Gasteiger partial charge is 0.494 e. The van der Waals surface area contributed by atoms with Crippen LogP contribution >= 0.6 is 0 Å². The fourth-order valence-corrected chi connectivity index (χ4v) is 1.94. The van der Waals surface area contributed by atoms with Crippen molar-refractivity contribution < 1.29 is 27.3 Å². The molecule has 0 saturated carbocycles. The molecule has 1 saturated heterocycles. The van der Waals surface area contributed by atoms with Crippen molar-refractivity contribution in [2.75, 3.05) is 5.32 Å². The number of carbonyl (C=O) groups is 1. The van der Waals surface area contributed by atoms with Gasteiger partial charge in [0.15, 0.2) is 0 Å². The highest BCUT2D eigenvalue weighted by Crippen LogP contribution is 2.36. The Morgan fingerprint density at radius 2 is 1.68 bits per heavy atom. The zero-order valence-corrected chi connectivity index (χ0v) is 12.7. The Hall–Kier alpha value is -1.54. The number of hydrogen-bond acceptors (Lipinski definition) is 3. The molecular weight excluding hydrogens is 298 g/mol. The fourth-order valence-electron chi connectivity index (χ4n) is 1.94. The number of alkyl halides is 3. The maximum Gasteiger partial charge on any atom is 0.494 e. The van der Waals surface area contributed by atoms with E-state index >= 15 is 0 Å². The Morgan fingerprint density at radius 1 is 1.14 bits per heavy atom. The summed E-state index contributed by atoms with van der Waals surface area (Å²) < 4.78 is 48.5. The van der Waals surface area contributed by atoms with Crippen molar-refractivity contribution >= 4 is 24.2 Å². The van der Waals surface area contributed by atoms with Crippen molar-refractivity contribution in [3.8, 4) is 0 Å². The quantitative estimate of drug-likeness (QED) is 0.853. The third-order valence-corrected chi connectivity index (χ3v) is 3.93. The summed E-state index contributed by atoms with van der Waals surface area (Å²) in [5.74, 6) is -2.02. The van der Waals surface area contributed by atoms with E-state index in [9.17, 15) is 18.0 Å². The second kappa shape index (κ2) is 5.28. The monoisotopic (exact) mass is 315 g/mol. The Bertz CT molecular complexity index is 571. The molecule has 0 atom stereocenters. The van der Waals surface area contributed by atoms with Crippen molar-refractivity contribution in [2.45, 2.75) is 45.1 Å². The van der Waals surface area contributed by atoms with Crippen LogP contribution in [0.15, 0.2) is 24.3 Å². The SMILES string of the molecule is CC1(C)OB(c2cccc(NC(=O)C(F)(F)F)c2)OC1(C)C. The molecule has 1 aromatic carbocycles. The van der Waals surface area contributed by atoms with Gasteiger partial charge in [0.05, 0.1) is 11.2 Å². The van der Waals surface area contributed by atoms with Crippen molar-refractivity contribution in [1.82, 2.24) is 0 Å². The molecule has 120 valence electrons. The number of nitrogens with one attached hydrogen (secondary N) is 1. The molecule has 0 aromatic heterocycles. The molecule has 1 N–H and O–H groups in total. The van der Waals surface area contributed by atoms with E-state index in [-0.39, 0.29) is 5.69 Å². The molecule has 1 aliphatic rings. The van der Waals surface area contributed by atoms with E-state index in [4.69, 9.17) is 9.31 Å². The standard InChI is InChI=1S/C14H17BF3NO3/c1-12(2)13(3,4)22-15(21-12)9-6-5-7-10(8-9)19-11(20)14(16,17)18/h5-8H,1-4H3,(H,19,20). The van der Waals surface area contributed by atoms with Crippen LogP contribution in [-0.4, -0.2) is 30.4 Å². The van der Waals surface area contributed by atoms with E-state index in [1.165, 1.54) is 18.2 Å². The van der Waals surface area contributed by atoms with Crippen LogP contribution in [0.5, 0.6) is 0 Å². The van der Waals surface area contributed by atoms with Gasteiger partial charge in [0.1, 0.15) is 0 Å². The van der Waals surface area contributed by atoms with Crippen LogP contribution in [0.1, 0.15) is 27.7 Å². The minimum atomic E-state index is -4.93. The van der Waals surface area contributed by atoms with E-state index in [2.05, 4.69) is 0 Å². The summed E-state index contributed by atoms with van der Waals surface area (Å²) in [6.45, 7) is 7.51. The van der Waals surface area contributed by atoms with E-state index in [0.717, 1.165) is 0 Å². The molecule has 1 amide bonds. The molecule has 4 nitrogen and oxygen atoms in total. The van der Waals surface area contributed by atoms with Gasteiger partial charge in [-0.05, 0) is 45.3 Å². The molecule has 22 heavy (non-hydrogen) atoms. The first-order valence-corrected chi connectivity index (χ1v) is 6.76. The third kappa shape index (κ3) is 3.28. The topological polar surface area (TPSA) is 47.6 Å². The highest BCUT2D eigenvalue weighted by atomic mass is 19.4. The summed E-state index contributed by atoms with van der Waals surface area (Å²) in [5, 5.41) is 1.81. The van der Waals surface area contributed by atoms with Crippen LogP contribution in [0.3, 0.4) is 0 Å². The predicted octanol–water partition coefficient (Wildman–Crippen LogP) is 2.49. The summed E-state index contributed by atoms with van der Waals surface area (Å²) in [6, 6.07) is 5.99. The Balaban J connectivity index is 2.18. The highest BCUT2D eigenvalue weighted by Gasteiger charge is 2.51. The zero-order valence-electron chi connectivity index (χ0n) is 12.7. The minimum Gasteiger partial charge on any atom is -0.399 e. The molecule has 1 aromatic rings. The van der Waals surface area contributed by atoms with Crippen LogP contribution in [0.2, 0.25) is 0 Å². The Labute approximate surface area is 127 Å². The number of halogens is 3. The van der Waals surface area contributed by atoms with Crippen LogP contribution in [-0.2, 0) is 14.1 Å². The molecule has 0 bridgehead atoms. The molecule has 2 rings (SSSR count). The van der Waals surface area contributed by atoms with Crippen molar-refractivity contribution in [1.29, 1.82) is 0 Å². The highest BCUT2D eigenvalue weighted by molar-refractivity contribution is 6.62. The summed E-state index contributed by atoms with van der Waals surface area (Å²) >= 11 is 0. The summed E-state index contributed by atoms with van der Waals surface area (Å²) in [5.41, 5.74) is -0.528. The minimum absolute atomic E-state index is 0.0366. The second-order valence-corrected chi connectivity index (χ2v) is 6.17. The normalized spacial score (nSPS) is 20.0. The molecule has 1 heterocycles. The summed E-state index contributed by atoms with van der Waals surface area (Å²) in [7, 11) is -0.701. The second-order valence-electron chi connectivity index (χ2n) is 6.17. The van der Waals surface area contributed by atoms with Crippen LogP contribution in [0.25, 0.3) is 0 Å². The molecule has 0 aliphatic carbocycles. The van der Waals surface area contributed by atoms with Gasteiger partial charge in [0.2, 0.25) is 0 Å². The molecule has 0 unspecified atom stereocenters. The van der Waals surface area contributed by atoms with Gasteiger partial charge < -0.3 is 14.6 Å². The van der Waals surface area contributed by atoms with Gasteiger partial charge in [-0.3, -0.25) is 4.79 Å². The molecular formula is C14H17BF3NO3. The average Bonchev–Trinajstić information content (AvgIpc) is 2.57. The molecule has 0 spiro atoms. The number of amides is 1. The lowest BCUT2D eigenvalue weighted by molar-refractivity contribution is -0.167. The number of carbonyl (C=O) groups excluding carboxylic acids is 1. The lowest BCUT2D eigenvalue weighted by atomic mass is 9.79. The number of rotatable bonds is 2. The van der Waals surface area contributed by atoms with Gasteiger partial charge in [-0.1, -0.05) is 12.1 Å². The summed E-state index contributed by atoms with van der Waals surface area (Å²) in [6.07, 6.45) is -4.93. The van der Waals surface area contributed by atoms with Crippen molar-refractivity contribution in [3.05, 3.63) is 24.3 Å². The molecule has 0 radical (unpaired) electrons. The van der Waals surface area contributed by atoms with E-state index in [1.54, 1.807) is 6.07 Å². The fraction of sp³-hybridized carbons (Fsp3) is 0.500. The average molecular weight is 315 g/mol. The van der Waals surface area contributed by atoms with Crippen LogP contribution < -0.4 is 10.8 Å². The summed E-state index contributed by atoms with van der Waals surface area (Å²) in [4.78, 5) is 11.0. The predicted molar refractivity (Wildman–Crippen MR) is 76.8 cm³/mol. The van der Waals surface area contributed by atoms with Gasteiger partial charge in [-0.25, -0.2) is 0 Å². The third-order valence-electron chi connectivity index (χ3n) is 3.93. The first kappa shape index (κ1) is 16.8. The van der Waals surface area contributed by atoms with Crippen molar-refractivity contribution in [3.63, 3.8) is 0 Å². The van der Waals surface area contributed by atoms with Crippen LogP contribution in [0.4, 0.5) is 18.9 Å². The lowest BCUT2D eigenvalue weighted by Gasteiger charge is -2.32. The van der Waals surface area contributed by atoms with Gasteiger partial charge >= 0.3 is 19.2 Å². The van der Waals surface area contributed by atoms with Crippen LogP contribution in [0, 0.1) is 0 Å². The van der Waals surface area contributed by atoms with E-state index in [0.29, 0.717) is 5.46 Å². The zero-order chi connectivity index (χ0) is 16.8. The smallest absolute Gasteiger partial charge is 0.399 e. The van der Waals surface area contributed by atoms with Gasteiger partial charge in [0, 0.05) is 5.69 Å². The van der Waals surface area contributed by atoms with Gasteiger partial charge in [-0.2, -0.15) is 13.2 Å². The maximum absolute atomic E-state index is 12.3. The molecule has 1 aliphatic heterocycles. The Kier molecular flexibility index (Phi) is 4.04. The van der Waals surface area contributed by atoms with Crippen molar-refractivity contribution in [2.24, 2.45) is 0 Å². The van der Waals surface area contributed by atoms with E-state index in [1.807, 2.05) is 33.0 Å². The molecule has 1 fully saturated rings. The number of anilines is 1. The maximum atomic E-state index is 12.3. The van der Waals surface area contributed by atoms with Gasteiger partial charge in [0.25, 0.3) is 0 Å². The lowest BCUT2D eigenvalue weighted by Crippen LogP contribution is -2.41. The number of hydrogen-bond donors (Lipinski definition) is 1. The first-order chi connectivity index (χ1) is 9.92. The van der Waals surface area contributed by atoms with E-state index < -0.39 is 30.4 Å². The molecule has 8 heteroatoms. The Morgan fingerprint density at radius 3 is 2.18 bits per heavy atom. The number of benzene rings is 1.